The Labute approximate surface area is 218 Å². The maximum absolute atomic E-state index is 13.7. The second kappa shape index (κ2) is 12.1. The van der Waals surface area contributed by atoms with Crippen molar-refractivity contribution in [2.24, 2.45) is 0 Å². The van der Waals surface area contributed by atoms with E-state index in [1.54, 1.807) is 17.9 Å². The van der Waals surface area contributed by atoms with Gasteiger partial charge in [-0.05, 0) is 58.1 Å². The van der Waals surface area contributed by atoms with Gasteiger partial charge in [0, 0.05) is 25.2 Å². The van der Waals surface area contributed by atoms with E-state index in [0.29, 0.717) is 32.4 Å². The molecule has 2 amide bonds. The second-order valence-electron chi connectivity index (χ2n) is 10.6. The van der Waals surface area contributed by atoms with E-state index >= 15 is 0 Å². The van der Waals surface area contributed by atoms with Gasteiger partial charge in [-0.2, -0.15) is 5.26 Å². The first-order chi connectivity index (χ1) is 17.4. The summed E-state index contributed by atoms with van der Waals surface area (Å²) < 4.78 is 19.2. The Kier molecular flexibility index (Phi) is 9.34. The molecule has 2 aliphatic heterocycles. The minimum Gasteiger partial charge on any atom is -0.447 e. The van der Waals surface area contributed by atoms with Gasteiger partial charge in [0.2, 0.25) is 0 Å². The number of nitrogens with zero attached hydrogens (tertiary/aromatic N) is 3. The van der Waals surface area contributed by atoms with Crippen molar-refractivity contribution in [3.05, 3.63) is 47.5 Å². The fraction of sp³-hybridized carbons (Fsp3) is 0.577. The Balaban J connectivity index is 1.64. The van der Waals surface area contributed by atoms with Crippen molar-refractivity contribution in [1.82, 2.24) is 15.1 Å². The number of likely N-dealkylation sites (tertiary alicyclic amines) is 2. The standard InChI is InChI=1S/C26H36BFN4O5/c1-25(2,31-13-10-21(28)17-31)15-20(16-29)23(33)32-12-7-11-26(32,3)18-37-24(34)30-22(27(35)36)14-19-8-5-4-6-9-19/h4-6,8-9,15,21-22,35-36H,7,10-14,17-18H2,1-3H3,(H,30,34)/t21-,22+,26-/m1/s1. The van der Waals surface area contributed by atoms with Crippen LogP contribution in [0.5, 0.6) is 0 Å². The van der Waals surface area contributed by atoms with Crippen LogP contribution in [0.25, 0.3) is 0 Å². The third-order valence-corrected chi connectivity index (χ3v) is 7.26. The van der Waals surface area contributed by atoms with Crippen LogP contribution in [0.1, 0.15) is 45.6 Å². The van der Waals surface area contributed by atoms with Crippen LogP contribution in [0.3, 0.4) is 0 Å². The molecule has 0 saturated carbocycles. The number of halogens is 1. The smallest absolute Gasteiger partial charge is 0.447 e. The van der Waals surface area contributed by atoms with Crippen molar-refractivity contribution in [3.8, 4) is 6.07 Å². The average molecular weight is 514 g/mol. The zero-order valence-corrected chi connectivity index (χ0v) is 21.7. The molecule has 0 radical (unpaired) electrons. The van der Waals surface area contributed by atoms with Gasteiger partial charge in [-0.1, -0.05) is 30.3 Å². The molecule has 0 aromatic heterocycles. The van der Waals surface area contributed by atoms with E-state index in [4.69, 9.17) is 4.74 Å². The molecule has 2 saturated heterocycles. The minimum absolute atomic E-state index is 0.0313. The van der Waals surface area contributed by atoms with Crippen LogP contribution >= 0.6 is 0 Å². The number of hydrogen-bond acceptors (Lipinski definition) is 7. The highest BCUT2D eigenvalue weighted by Gasteiger charge is 2.43. The van der Waals surface area contributed by atoms with Gasteiger partial charge >= 0.3 is 13.2 Å². The Bertz CT molecular complexity index is 1030. The van der Waals surface area contributed by atoms with Crippen LogP contribution in [-0.2, 0) is 16.0 Å². The molecule has 1 aromatic carbocycles. The molecule has 2 fully saturated rings. The molecule has 3 atom stereocenters. The lowest BCUT2D eigenvalue weighted by atomic mass is 9.76. The first-order valence-corrected chi connectivity index (χ1v) is 12.6. The lowest BCUT2D eigenvalue weighted by Crippen LogP contribution is -2.52. The summed E-state index contributed by atoms with van der Waals surface area (Å²) in [6.45, 7) is 6.59. The predicted molar refractivity (Wildman–Crippen MR) is 137 cm³/mol. The molecule has 2 aliphatic rings. The normalized spacial score (nSPS) is 23.4. The highest BCUT2D eigenvalue weighted by Crippen LogP contribution is 2.32. The zero-order valence-electron chi connectivity index (χ0n) is 21.7. The van der Waals surface area contributed by atoms with E-state index in [0.717, 1.165) is 5.56 Å². The van der Waals surface area contributed by atoms with Gasteiger partial charge < -0.3 is 25.0 Å². The second-order valence-corrected chi connectivity index (χ2v) is 10.6. The van der Waals surface area contributed by atoms with Crippen molar-refractivity contribution in [1.29, 1.82) is 5.26 Å². The van der Waals surface area contributed by atoms with Crippen LogP contribution in [0.2, 0.25) is 0 Å². The highest BCUT2D eigenvalue weighted by atomic mass is 19.1. The largest absolute Gasteiger partial charge is 0.475 e. The van der Waals surface area contributed by atoms with Crippen molar-refractivity contribution in [2.45, 2.75) is 69.6 Å². The molecule has 0 bridgehead atoms. The number of alkyl carbamates (subject to hydrolysis) is 1. The fourth-order valence-corrected chi connectivity index (χ4v) is 5.01. The maximum Gasteiger partial charge on any atom is 0.475 e. The number of nitrogens with one attached hydrogen (secondary N) is 1. The van der Waals surface area contributed by atoms with Gasteiger partial charge in [-0.15, -0.1) is 0 Å². The Morgan fingerprint density at radius 1 is 1.35 bits per heavy atom. The van der Waals surface area contributed by atoms with Crippen molar-refractivity contribution >= 4 is 19.1 Å². The summed E-state index contributed by atoms with van der Waals surface area (Å²) in [7, 11) is -1.79. The maximum atomic E-state index is 13.7. The molecule has 2 heterocycles. The summed E-state index contributed by atoms with van der Waals surface area (Å²) in [6, 6.07) is 11.1. The molecule has 11 heteroatoms. The van der Waals surface area contributed by atoms with E-state index in [1.165, 1.54) is 0 Å². The molecule has 3 N–H and O–H groups in total. The average Bonchev–Trinajstić information content (AvgIpc) is 3.47. The molecule has 3 rings (SSSR count). The van der Waals surface area contributed by atoms with E-state index in [9.17, 15) is 29.3 Å². The molecule has 9 nitrogen and oxygen atoms in total. The fourth-order valence-electron chi connectivity index (χ4n) is 5.01. The van der Waals surface area contributed by atoms with Gasteiger partial charge in [0.1, 0.15) is 24.4 Å². The number of carbonyl (C=O) groups excluding carboxylic acids is 2. The SMILES string of the molecule is CC(C)(C=C(C#N)C(=O)N1CCC[C@]1(C)COC(=O)N[C@@H](Cc1ccccc1)B(O)O)N1CC[C@@H](F)C1. The number of benzene rings is 1. The van der Waals surface area contributed by atoms with Crippen LogP contribution in [0, 0.1) is 11.3 Å². The number of amides is 2. The van der Waals surface area contributed by atoms with Crippen LogP contribution in [0.4, 0.5) is 9.18 Å². The summed E-state index contributed by atoms with van der Waals surface area (Å²) in [6.07, 6.45) is 1.71. The summed E-state index contributed by atoms with van der Waals surface area (Å²) in [4.78, 5) is 29.4. The van der Waals surface area contributed by atoms with E-state index in [1.807, 2.05) is 55.1 Å². The summed E-state index contributed by atoms with van der Waals surface area (Å²) in [5.74, 6) is -1.43. The summed E-state index contributed by atoms with van der Waals surface area (Å²) in [5.41, 5.74) is -0.724. The number of ether oxygens (including phenoxy) is 1. The van der Waals surface area contributed by atoms with Crippen molar-refractivity contribution in [3.63, 3.8) is 0 Å². The number of carbonyl (C=O) groups is 2. The van der Waals surface area contributed by atoms with Crippen LogP contribution in [0.15, 0.2) is 42.0 Å². The zero-order chi connectivity index (χ0) is 27.2. The predicted octanol–water partition coefficient (Wildman–Crippen LogP) is 1.99. The quantitative estimate of drug-likeness (QED) is 0.261. The molecule has 0 unspecified atom stereocenters. The first kappa shape index (κ1) is 28.6. The van der Waals surface area contributed by atoms with Gasteiger partial charge in [0.15, 0.2) is 0 Å². The number of alkyl halides is 1. The van der Waals surface area contributed by atoms with E-state index < -0.39 is 42.3 Å². The molecule has 0 aliphatic carbocycles. The molecule has 37 heavy (non-hydrogen) atoms. The van der Waals surface area contributed by atoms with Crippen molar-refractivity contribution in [2.75, 3.05) is 26.2 Å². The van der Waals surface area contributed by atoms with Crippen LogP contribution < -0.4 is 5.32 Å². The van der Waals surface area contributed by atoms with E-state index in [2.05, 4.69) is 5.32 Å². The monoisotopic (exact) mass is 514 g/mol. The first-order valence-electron chi connectivity index (χ1n) is 12.6. The molecule has 200 valence electrons. The Morgan fingerprint density at radius 3 is 2.65 bits per heavy atom. The number of rotatable bonds is 9. The highest BCUT2D eigenvalue weighted by molar-refractivity contribution is 6.43. The lowest BCUT2D eigenvalue weighted by molar-refractivity contribution is -0.131. The Hall–Kier alpha value is -2.94. The molecule has 0 spiro atoms. The summed E-state index contributed by atoms with van der Waals surface area (Å²) in [5, 5.41) is 31.7. The van der Waals surface area contributed by atoms with Gasteiger partial charge in [-0.3, -0.25) is 9.69 Å². The lowest BCUT2D eigenvalue weighted by Gasteiger charge is -2.36. The minimum atomic E-state index is -1.79. The molecular formula is C26H36BFN4O5. The third kappa shape index (κ3) is 7.31. The molecule has 1 aromatic rings. The van der Waals surface area contributed by atoms with Crippen molar-refractivity contribution < 1.29 is 28.8 Å². The van der Waals surface area contributed by atoms with Gasteiger partial charge in [0.25, 0.3) is 5.91 Å². The summed E-state index contributed by atoms with van der Waals surface area (Å²) >= 11 is 0. The number of hydrogen-bond donors (Lipinski definition) is 3. The third-order valence-electron chi connectivity index (χ3n) is 7.26. The Morgan fingerprint density at radius 2 is 2.05 bits per heavy atom. The van der Waals surface area contributed by atoms with Crippen LogP contribution in [-0.4, -0.2) is 88.4 Å². The number of nitriles is 1. The topological polar surface area (TPSA) is 126 Å². The van der Waals surface area contributed by atoms with Gasteiger partial charge in [0.05, 0.1) is 11.5 Å². The molecular weight excluding hydrogens is 478 g/mol. The van der Waals surface area contributed by atoms with E-state index in [-0.39, 0.29) is 25.1 Å². The van der Waals surface area contributed by atoms with Gasteiger partial charge in [-0.25, -0.2) is 9.18 Å².